The summed E-state index contributed by atoms with van der Waals surface area (Å²) in [7, 11) is 0. The van der Waals surface area contributed by atoms with Crippen molar-refractivity contribution in [2.24, 2.45) is 0 Å². The average molecular weight is 254 g/mol. The lowest BCUT2D eigenvalue weighted by molar-refractivity contribution is 0.123. The van der Waals surface area contributed by atoms with Gasteiger partial charge in [0.2, 0.25) is 0 Å². The zero-order chi connectivity index (χ0) is 12.7. The first kappa shape index (κ1) is 10.8. The number of ether oxygens (including phenoxy) is 1. The van der Waals surface area contributed by atoms with E-state index in [1.807, 2.05) is 6.07 Å². The van der Waals surface area contributed by atoms with E-state index in [4.69, 9.17) is 9.15 Å². The molecule has 4 rings (SSSR count). The van der Waals surface area contributed by atoms with Crippen LogP contribution in [0.2, 0.25) is 0 Å². The monoisotopic (exact) mass is 254 g/mol. The Hall–Kier alpha value is -2.07. The molecule has 0 spiro atoms. The van der Waals surface area contributed by atoms with Crippen LogP contribution in [0.1, 0.15) is 0 Å². The number of benzene rings is 2. The minimum absolute atomic E-state index is 0.781. The van der Waals surface area contributed by atoms with Crippen LogP contribution >= 0.6 is 0 Å². The molecule has 3 aromatic rings. The summed E-state index contributed by atoms with van der Waals surface area (Å²) in [5.41, 5.74) is 3.00. The summed E-state index contributed by atoms with van der Waals surface area (Å²) in [5.74, 6) is 0. The maximum Gasteiger partial charge on any atom is 0.182 e. The summed E-state index contributed by atoms with van der Waals surface area (Å²) in [6.07, 6.45) is 1.51. The fourth-order valence-corrected chi connectivity index (χ4v) is 2.74. The molecule has 2 heterocycles. The number of hydrogen-bond donors (Lipinski definition) is 0. The van der Waals surface area contributed by atoms with E-state index in [-0.39, 0.29) is 0 Å². The molecular weight excluding hydrogens is 240 g/mol. The Morgan fingerprint density at radius 3 is 2.68 bits per heavy atom. The largest absolute Gasteiger partial charge is 0.443 e. The van der Waals surface area contributed by atoms with Crippen LogP contribution in [0.25, 0.3) is 21.9 Å². The Kier molecular flexibility index (Phi) is 2.42. The maximum atomic E-state index is 5.49. The van der Waals surface area contributed by atoms with E-state index in [9.17, 15) is 0 Å². The van der Waals surface area contributed by atoms with Gasteiger partial charge in [0.05, 0.1) is 13.2 Å². The molecule has 4 heteroatoms. The van der Waals surface area contributed by atoms with Gasteiger partial charge in [-0.25, -0.2) is 4.98 Å². The molecule has 0 atom stereocenters. The molecule has 0 aliphatic carbocycles. The first-order chi connectivity index (χ1) is 9.43. The zero-order valence-electron chi connectivity index (χ0n) is 10.5. The van der Waals surface area contributed by atoms with Gasteiger partial charge in [-0.15, -0.1) is 0 Å². The van der Waals surface area contributed by atoms with Crippen molar-refractivity contribution in [3.63, 3.8) is 0 Å². The van der Waals surface area contributed by atoms with Crippen molar-refractivity contribution < 1.29 is 9.15 Å². The maximum absolute atomic E-state index is 5.49. The van der Waals surface area contributed by atoms with Gasteiger partial charge in [-0.3, -0.25) is 0 Å². The van der Waals surface area contributed by atoms with Crippen LogP contribution in [0.4, 0.5) is 5.69 Å². The lowest BCUT2D eigenvalue weighted by atomic mass is 10.1. The van der Waals surface area contributed by atoms with Crippen LogP contribution in [0.5, 0.6) is 0 Å². The molecule has 4 nitrogen and oxygen atoms in total. The Bertz CT molecular complexity index is 729. The molecule has 19 heavy (non-hydrogen) atoms. The van der Waals surface area contributed by atoms with Crippen LogP contribution < -0.4 is 4.90 Å². The normalized spacial score (nSPS) is 16.3. The molecule has 0 radical (unpaired) electrons. The zero-order valence-corrected chi connectivity index (χ0v) is 10.5. The van der Waals surface area contributed by atoms with Crippen molar-refractivity contribution in [3.05, 3.63) is 36.7 Å². The Morgan fingerprint density at radius 2 is 1.84 bits per heavy atom. The van der Waals surface area contributed by atoms with Gasteiger partial charge in [0, 0.05) is 35.6 Å². The topological polar surface area (TPSA) is 38.5 Å². The summed E-state index contributed by atoms with van der Waals surface area (Å²) in [6.45, 7) is 3.40. The van der Waals surface area contributed by atoms with Gasteiger partial charge in [0.1, 0.15) is 5.52 Å². The highest BCUT2D eigenvalue weighted by Crippen LogP contribution is 2.33. The van der Waals surface area contributed by atoms with Gasteiger partial charge in [-0.05, 0) is 0 Å². The average Bonchev–Trinajstić information content (AvgIpc) is 2.96. The van der Waals surface area contributed by atoms with E-state index in [0.29, 0.717) is 0 Å². The predicted octanol–water partition coefficient (Wildman–Crippen LogP) is 2.82. The van der Waals surface area contributed by atoms with Crippen molar-refractivity contribution in [2.75, 3.05) is 31.2 Å². The molecule has 0 unspecified atom stereocenters. The fraction of sp³-hybridized carbons (Fsp3) is 0.267. The van der Waals surface area contributed by atoms with Crippen molar-refractivity contribution in [2.45, 2.75) is 0 Å². The predicted molar refractivity (Wildman–Crippen MR) is 74.5 cm³/mol. The summed E-state index contributed by atoms with van der Waals surface area (Å²) in [5, 5.41) is 2.38. The Balaban J connectivity index is 2.00. The van der Waals surface area contributed by atoms with E-state index in [0.717, 1.165) is 42.8 Å². The highest BCUT2D eigenvalue weighted by atomic mass is 16.5. The van der Waals surface area contributed by atoms with E-state index in [2.05, 4.69) is 34.1 Å². The van der Waals surface area contributed by atoms with E-state index in [1.54, 1.807) is 0 Å². The van der Waals surface area contributed by atoms with Gasteiger partial charge < -0.3 is 14.1 Å². The quantitative estimate of drug-likeness (QED) is 0.669. The number of fused-ring (bicyclic) bond motifs is 3. The first-order valence-corrected chi connectivity index (χ1v) is 6.51. The molecular formula is C15H14N2O2. The number of nitrogens with zero attached hydrogens (tertiary/aromatic N) is 2. The molecule has 0 bridgehead atoms. The Morgan fingerprint density at radius 1 is 1.05 bits per heavy atom. The summed E-state index contributed by atoms with van der Waals surface area (Å²) < 4.78 is 10.9. The second kappa shape index (κ2) is 4.24. The van der Waals surface area contributed by atoms with Crippen molar-refractivity contribution >= 4 is 27.6 Å². The van der Waals surface area contributed by atoms with Crippen molar-refractivity contribution in [1.82, 2.24) is 4.98 Å². The van der Waals surface area contributed by atoms with Gasteiger partial charge in [-0.1, -0.05) is 24.3 Å². The van der Waals surface area contributed by atoms with Crippen LogP contribution in [-0.4, -0.2) is 31.3 Å². The second-order valence-corrected chi connectivity index (χ2v) is 4.74. The molecule has 1 aliphatic heterocycles. The van der Waals surface area contributed by atoms with Crippen LogP contribution in [0, 0.1) is 0 Å². The number of rotatable bonds is 1. The van der Waals surface area contributed by atoms with E-state index < -0.39 is 0 Å². The Labute approximate surface area is 110 Å². The molecule has 1 aliphatic rings. The number of morpholine rings is 1. The molecule has 0 amide bonds. The SMILES string of the molecule is c1ccc2c(c1)c(N1CCOCC1)cc1ocnc12. The van der Waals surface area contributed by atoms with Crippen LogP contribution in [0.15, 0.2) is 41.1 Å². The highest BCUT2D eigenvalue weighted by Gasteiger charge is 2.16. The summed E-state index contributed by atoms with van der Waals surface area (Å²) in [6, 6.07) is 10.5. The molecule has 1 aromatic heterocycles. The third-order valence-corrected chi connectivity index (χ3v) is 3.67. The minimum Gasteiger partial charge on any atom is -0.443 e. The molecule has 1 fully saturated rings. The molecule has 0 N–H and O–H groups in total. The number of anilines is 1. The molecule has 96 valence electrons. The van der Waals surface area contributed by atoms with E-state index in [1.165, 1.54) is 17.5 Å². The lowest BCUT2D eigenvalue weighted by Crippen LogP contribution is -2.36. The fourth-order valence-electron chi connectivity index (χ4n) is 2.74. The smallest absolute Gasteiger partial charge is 0.182 e. The molecule has 2 aromatic carbocycles. The summed E-state index contributed by atoms with van der Waals surface area (Å²) >= 11 is 0. The number of hydrogen-bond acceptors (Lipinski definition) is 4. The number of aromatic nitrogens is 1. The summed E-state index contributed by atoms with van der Waals surface area (Å²) in [4.78, 5) is 6.68. The third-order valence-electron chi connectivity index (χ3n) is 3.67. The van der Waals surface area contributed by atoms with Gasteiger partial charge in [0.15, 0.2) is 12.0 Å². The second-order valence-electron chi connectivity index (χ2n) is 4.74. The first-order valence-electron chi connectivity index (χ1n) is 6.51. The molecule has 0 saturated carbocycles. The molecule has 1 saturated heterocycles. The van der Waals surface area contributed by atoms with Crippen LogP contribution in [0.3, 0.4) is 0 Å². The van der Waals surface area contributed by atoms with Crippen molar-refractivity contribution in [1.29, 1.82) is 0 Å². The third kappa shape index (κ3) is 1.68. The lowest BCUT2D eigenvalue weighted by Gasteiger charge is -2.29. The highest BCUT2D eigenvalue weighted by molar-refractivity contribution is 6.09. The van der Waals surface area contributed by atoms with Gasteiger partial charge in [0.25, 0.3) is 0 Å². The minimum atomic E-state index is 0.781. The van der Waals surface area contributed by atoms with Gasteiger partial charge >= 0.3 is 0 Å². The number of oxazole rings is 1. The van der Waals surface area contributed by atoms with Gasteiger partial charge in [-0.2, -0.15) is 0 Å². The van der Waals surface area contributed by atoms with Crippen molar-refractivity contribution in [3.8, 4) is 0 Å². The van der Waals surface area contributed by atoms with Crippen LogP contribution in [-0.2, 0) is 4.74 Å². The standard InChI is InChI=1S/C15H14N2O2/c1-2-4-12-11(3-1)13(17-5-7-18-8-6-17)9-14-15(12)16-10-19-14/h1-4,9-10H,5-8H2. The van der Waals surface area contributed by atoms with E-state index >= 15 is 0 Å².